The van der Waals surface area contributed by atoms with Crippen molar-refractivity contribution in [3.63, 3.8) is 0 Å². The first-order valence-electron chi connectivity index (χ1n) is 11.9. The number of rotatable bonds is 7. The summed E-state index contributed by atoms with van der Waals surface area (Å²) in [7, 11) is 2.83. The zero-order valence-electron chi connectivity index (χ0n) is 20.9. The van der Waals surface area contributed by atoms with Crippen LogP contribution in [0, 0.1) is 5.92 Å². The van der Waals surface area contributed by atoms with Crippen LogP contribution in [0.3, 0.4) is 0 Å². The first-order valence-corrected chi connectivity index (χ1v) is 12.3. The van der Waals surface area contributed by atoms with Gasteiger partial charge in [-0.15, -0.1) is 0 Å². The molecule has 0 radical (unpaired) electrons. The van der Waals surface area contributed by atoms with E-state index in [0.29, 0.717) is 12.2 Å². The summed E-state index contributed by atoms with van der Waals surface area (Å²) < 4.78 is 16.9. The zero-order chi connectivity index (χ0) is 27.0. The molecule has 5 rings (SSSR count). The molecule has 0 amide bonds. The summed E-state index contributed by atoms with van der Waals surface area (Å²) in [6, 6.07) is 10.6. The molecule has 10 nitrogen and oxygen atoms in total. The number of nitrogens with one attached hydrogen (secondary N) is 1. The quantitative estimate of drug-likeness (QED) is 0.427. The van der Waals surface area contributed by atoms with Gasteiger partial charge in [-0.3, -0.25) is 19.7 Å². The number of carbonyl (C=O) groups is 2. The fraction of sp³-hybridized carbons (Fsp3) is 0.296. The number of H-pyrrole nitrogens is 1. The summed E-state index contributed by atoms with van der Waals surface area (Å²) in [6.45, 7) is 1.66. The number of benzene rings is 2. The van der Waals surface area contributed by atoms with Crippen molar-refractivity contribution in [1.29, 1.82) is 0 Å². The Bertz CT molecular complexity index is 1450. The number of Topliss-reactive ketones (excluding diaryl/α,β-unsaturated/α-hetero) is 2. The molecule has 2 aliphatic rings. The topological polar surface area (TPSA) is 136 Å². The van der Waals surface area contributed by atoms with E-state index in [1.54, 1.807) is 6.92 Å². The van der Waals surface area contributed by atoms with Gasteiger partial charge in [0.25, 0.3) is 0 Å². The average Bonchev–Trinajstić information content (AvgIpc) is 3.56. The number of nitrogens with zero attached hydrogens (tertiary/aromatic N) is 3. The molecule has 0 bridgehead atoms. The van der Waals surface area contributed by atoms with Crippen LogP contribution < -0.4 is 14.2 Å². The van der Waals surface area contributed by atoms with Gasteiger partial charge in [0.05, 0.1) is 19.8 Å². The number of hydrogen-bond acceptors (Lipinski definition) is 9. The van der Waals surface area contributed by atoms with E-state index in [1.165, 1.54) is 32.8 Å². The highest BCUT2D eigenvalue weighted by Gasteiger charge is 2.60. The van der Waals surface area contributed by atoms with Crippen molar-refractivity contribution >= 4 is 29.4 Å². The molecule has 1 aromatic heterocycles. The number of aromatic amines is 1. The SMILES string of the molecule is COc1cc(OC)c2c(c1Cl)OC1(C2=O)C(O)=C(C=NC(Cc2ccccc2)c2ncn[nH]2)C(=O)CC1C. The van der Waals surface area contributed by atoms with Gasteiger partial charge in [0, 0.05) is 31.0 Å². The minimum absolute atomic E-state index is 0.0283. The van der Waals surface area contributed by atoms with Gasteiger partial charge in [0.2, 0.25) is 11.4 Å². The number of halogens is 1. The van der Waals surface area contributed by atoms with Crippen LogP contribution in [0.4, 0.5) is 0 Å². The number of methoxy groups -OCH3 is 2. The minimum Gasteiger partial charge on any atom is -0.507 e. The molecule has 0 fully saturated rings. The average molecular weight is 537 g/mol. The van der Waals surface area contributed by atoms with Crippen molar-refractivity contribution in [2.24, 2.45) is 10.9 Å². The third kappa shape index (κ3) is 4.01. The number of fused-ring (bicyclic) bond motifs is 1. The molecule has 1 aliphatic carbocycles. The molecule has 2 aromatic carbocycles. The van der Waals surface area contributed by atoms with E-state index < -0.39 is 29.1 Å². The molecule has 1 spiro atoms. The Hall–Kier alpha value is -4.18. The molecule has 3 unspecified atom stereocenters. The Labute approximate surface area is 223 Å². The number of carbonyl (C=O) groups excluding carboxylic acids is 2. The van der Waals surface area contributed by atoms with Crippen molar-refractivity contribution in [1.82, 2.24) is 15.2 Å². The van der Waals surface area contributed by atoms with Gasteiger partial charge in [-0.05, 0) is 5.56 Å². The van der Waals surface area contributed by atoms with E-state index in [2.05, 4.69) is 20.2 Å². The Morgan fingerprint density at radius 2 is 2.00 bits per heavy atom. The van der Waals surface area contributed by atoms with E-state index in [4.69, 9.17) is 25.8 Å². The summed E-state index contributed by atoms with van der Waals surface area (Å²) in [5, 5.41) is 18.3. The maximum atomic E-state index is 13.9. The molecule has 3 atom stereocenters. The van der Waals surface area contributed by atoms with E-state index >= 15 is 0 Å². The van der Waals surface area contributed by atoms with Gasteiger partial charge in [0.15, 0.2) is 17.3 Å². The largest absolute Gasteiger partial charge is 0.507 e. The molecular formula is C27H25ClN4O6. The zero-order valence-corrected chi connectivity index (χ0v) is 21.7. The van der Waals surface area contributed by atoms with Crippen molar-refractivity contribution in [2.45, 2.75) is 31.4 Å². The summed E-state index contributed by atoms with van der Waals surface area (Å²) in [5.41, 5.74) is -0.929. The Kier molecular flexibility index (Phi) is 6.66. The molecule has 3 aromatic rings. The number of aliphatic hydroxyl groups is 1. The maximum absolute atomic E-state index is 13.9. The predicted octanol–water partition coefficient (Wildman–Crippen LogP) is 4.27. The Morgan fingerprint density at radius 3 is 2.66 bits per heavy atom. The number of aliphatic hydroxyl groups excluding tert-OH is 1. The third-order valence-electron chi connectivity index (χ3n) is 6.92. The number of aliphatic imine (C=N–C) groups is 1. The lowest BCUT2D eigenvalue weighted by atomic mass is 9.73. The van der Waals surface area contributed by atoms with Crippen LogP contribution in [-0.2, 0) is 11.2 Å². The molecule has 11 heteroatoms. The maximum Gasteiger partial charge on any atom is 0.231 e. The second-order valence-electron chi connectivity index (χ2n) is 9.11. The van der Waals surface area contributed by atoms with Crippen LogP contribution in [0.2, 0.25) is 5.02 Å². The van der Waals surface area contributed by atoms with Crippen LogP contribution in [0.5, 0.6) is 17.2 Å². The van der Waals surface area contributed by atoms with E-state index in [0.717, 1.165) is 5.56 Å². The molecule has 2 heterocycles. The highest BCUT2D eigenvalue weighted by molar-refractivity contribution is 6.35. The lowest BCUT2D eigenvalue weighted by Crippen LogP contribution is -2.52. The van der Waals surface area contributed by atoms with Gasteiger partial charge >= 0.3 is 0 Å². The highest BCUT2D eigenvalue weighted by atomic mass is 35.5. The van der Waals surface area contributed by atoms with E-state index in [-0.39, 0.29) is 45.6 Å². The molecule has 38 heavy (non-hydrogen) atoms. The smallest absolute Gasteiger partial charge is 0.231 e. The van der Waals surface area contributed by atoms with Crippen molar-refractivity contribution < 1.29 is 28.9 Å². The van der Waals surface area contributed by atoms with Crippen LogP contribution in [0.1, 0.15) is 41.1 Å². The van der Waals surface area contributed by atoms with Gasteiger partial charge < -0.3 is 19.3 Å². The molecule has 2 N–H and O–H groups in total. The second-order valence-corrected chi connectivity index (χ2v) is 9.49. The first-order chi connectivity index (χ1) is 18.3. The Balaban J connectivity index is 1.58. The molecular weight excluding hydrogens is 512 g/mol. The van der Waals surface area contributed by atoms with Crippen molar-refractivity contribution in [2.75, 3.05) is 14.2 Å². The lowest BCUT2D eigenvalue weighted by molar-refractivity contribution is -0.118. The highest BCUT2D eigenvalue weighted by Crippen LogP contribution is 2.54. The van der Waals surface area contributed by atoms with Crippen LogP contribution in [-0.4, -0.2) is 57.9 Å². The van der Waals surface area contributed by atoms with Crippen LogP contribution in [0.15, 0.2) is 59.1 Å². The fourth-order valence-corrected chi connectivity index (χ4v) is 5.17. The number of aromatic nitrogens is 3. The molecule has 0 saturated heterocycles. The number of ketones is 2. The monoisotopic (exact) mass is 536 g/mol. The summed E-state index contributed by atoms with van der Waals surface area (Å²) in [6.07, 6.45) is 3.05. The van der Waals surface area contributed by atoms with Gasteiger partial charge in [-0.25, -0.2) is 4.98 Å². The summed E-state index contributed by atoms with van der Waals surface area (Å²) in [4.78, 5) is 35.8. The van der Waals surface area contributed by atoms with E-state index in [1.807, 2.05) is 30.3 Å². The Morgan fingerprint density at radius 1 is 1.26 bits per heavy atom. The minimum atomic E-state index is -1.87. The van der Waals surface area contributed by atoms with E-state index in [9.17, 15) is 14.7 Å². The molecule has 196 valence electrons. The normalized spacial score (nSPS) is 21.6. The van der Waals surface area contributed by atoms with Crippen LogP contribution in [0.25, 0.3) is 0 Å². The summed E-state index contributed by atoms with van der Waals surface area (Å²) in [5.74, 6) is -1.22. The number of allylic oxidation sites excluding steroid dienone is 1. The standard InChI is InChI=1S/C27H25ClN4O6/c1-14-9-18(33)16(12-29-17(26-30-13-31-32-26)10-15-7-5-4-6-8-15)24(34)27(14)25(35)21-19(36-2)11-20(37-3)22(28)23(21)38-27/h4-8,11-14,17,34H,9-10H2,1-3H3,(H,30,31,32). The van der Waals surface area contributed by atoms with Crippen molar-refractivity contribution in [3.8, 4) is 17.2 Å². The number of ether oxygens (including phenoxy) is 3. The molecule has 0 saturated carbocycles. The van der Waals surface area contributed by atoms with Crippen molar-refractivity contribution in [3.05, 3.63) is 76.0 Å². The first kappa shape index (κ1) is 25.5. The predicted molar refractivity (Wildman–Crippen MR) is 138 cm³/mol. The second kappa shape index (κ2) is 9.94. The lowest BCUT2D eigenvalue weighted by Gasteiger charge is -2.36. The third-order valence-corrected chi connectivity index (χ3v) is 7.27. The van der Waals surface area contributed by atoms with Gasteiger partial charge in [0.1, 0.15) is 40.3 Å². The van der Waals surface area contributed by atoms with Crippen LogP contribution >= 0.6 is 11.6 Å². The molecule has 1 aliphatic heterocycles. The van der Waals surface area contributed by atoms with Gasteiger partial charge in [-0.1, -0.05) is 48.9 Å². The summed E-state index contributed by atoms with van der Waals surface area (Å²) >= 11 is 6.48. The van der Waals surface area contributed by atoms with Gasteiger partial charge in [-0.2, -0.15) is 5.10 Å². The fourth-order valence-electron chi connectivity index (χ4n) is 4.91. The number of hydrogen-bond donors (Lipinski definition) is 2.